The van der Waals surface area contributed by atoms with Crippen LogP contribution in [-0.2, 0) is 4.74 Å². The standard InChI is InChI=1S/C13H19N3O2/c1-9(7-17-2)15-13(14)16-11-8-18-12-6-4-3-5-10(11)12/h3-6,9,11H,7-8H2,1-2H3,(H3,14,15,16). The number of para-hydroxylation sites is 1. The molecule has 5 nitrogen and oxygen atoms in total. The highest BCUT2D eigenvalue weighted by molar-refractivity contribution is 5.78. The summed E-state index contributed by atoms with van der Waals surface area (Å²) in [6.45, 7) is 3.12. The third-order valence-electron chi connectivity index (χ3n) is 2.78. The van der Waals surface area contributed by atoms with Crippen LogP contribution in [-0.4, -0.2) is 32.3 Å². The number of methoxy groups -OCH3 is 1. The largest absolute Gasteiger partial charge is 0.491 e. The van der Waals surface area contributed by atoms with Gasteiger partial charge in [-0.15, -0.1) is 0 Å². The van der Waals surface area contributed by atoms with Gasteiger partial charge < -0.3 is 20.5 Å². The van der Waals surface area contributed by atoms with Crippen LogP contribution >= 0.6 is 0 Å². The molecule has 2 atom stereocenters. The van der Waals surface area contributed by atoms with Crippen molar-refractivity contribution >= 4 is 5.96 Å². The monoisotopic (exact) mass is 249 g/mol. The Hall–Kier alpha value is -1.75. The number of nitrogens with two attached hydrogens (primary N) is 1. The number of hydrogen-bond donors (Lipinski definition) is 2. The molecule has 0 saturated heterocycles. The summed E-state index contributed by atoms with van der Waals surface area (Å²) in [5, 5.41) is 3.09. The van der Waals surface area contributed by atoms with Gasteiger partial charge >= 0.3 is 0 Å². The molecule has 1 aliphatic heterocycles. The Labute approximate surface area is 107 Å². The Morgan fingerprint density at radius 3 is 3.17 bits per heavy atom. The van der Waals surface area contributed by atoms with Crippen molar-refractivity contribution in [2.45, 2.75) is 19.0 Å². The van der Waals surface area contributed by atoms with Crippen LogP contribution in [0.25, 0.3) is 0 Å². The molecule has 0 radical (unpaired) electrons. The van der Waals surface area contributed by atoms with E-state index in [2.05, 4.69) is 10.3 Å². The van der Waals surface area contributed by atoms with Crippen LogP contribution in [0.2, 0.25) is 0 Å². The lowest BCUT2D eigenvalue weighted by Crippen LogP contribution is -2.41. The molecule has 1 aromatic carbocycles. The first-order valence-corrected chi connectivity index (χ1v) is 6.01. The molecule has 5 heteroatoms. The van der Waals surface area contributed by atoms with E-state index in [-0.39, 0.29) is 12.1 Å². The van der Waals surface area contributed by atoms with E-state index in [1.54, 1.807) is 7.11 Å². The Morgan fingerprint density at radius 2 is 2.39 bits per heavy atom. The van der Waals surface area contributed by atoms with Gasteiger partial charge in [0, 0.05) is 18.7 Å². The number of nitrogens with one attached hydrogen (secondary N) is 1. The van der Waals surface area contributed by atoms with Gasteiger partial charge in [0.25, 0.3) is 0 Å². The number of nitrogens with zero attached hydrogens (tertiary/aromatic N) is 1. The van der Waals surface area contributed by atoms with E-state index in [0.717, 1.165) is 11.3 Å². The van der Waals surface area contributed by atoms with Gasteiger partial charge in [0.15, 0.2) is 5.96 Å². The van der Waals surface area contributed by atoms with Crippen molar-refractivity contribution in [3.05, 3.63) is 29.8 Å². The molecular weight excluding hydrogens is 230 g/mol. The third-order valence-corrected chi connectivity index (χ3v) is 2.78. The lowest BCUT2D eigenvalue weighted by Gasteiger charge is -2.14. The quantitative estimate of drug-likeness (QED) is 0.618. The average Bonchev–Trinajstić information content (AvgIpc) is 2.73. The van der Waals surface area contributed by atoms with Gasteiger partial charge in [-0.1, -0.05) is 18.2 Å². The second-order valence-corrected chi connectivity index (χ2v) is 4.38. The van der Waals surface area contributed by atoms with Crippen molar-refractivity contribution in [2.24, 2.45) is 10.7 Å². The summed E-state index contributed by atoms with van der Waals surface area (Å²) >= 11 is 0. The van der Waals surface area contributed by atoms with E-state index in [1.165, 1.54) is 0 Å². The fourth-order valence-electron chi connectivity index (χ4n) is 2.00. The van der Waals surface area contributed by atoms with Crippen LogP contribution in [0.15, 0.2) is 29.3 Å². The summed E-state index contributed by atoms with van der Waals surface area (Å²) in [5.41, 5.74) is 6.95. The van der Waals surface area contributed by atoms with Crippen molar-refractivity contribution in [3.63, 3.8) is 0 Å². The minimum absolute atomic E-state index is 0.0246. The molecular formula is C13H19N3O2. The van der Waals surface area contributed by atoms with E-state index in [1.807, 2.05) is 31.2 Å². The van der Waals surface area contributed by atoms with Gasteiger partial charge in [0.1, 0.15) is 18.4 Å². The molecule has 1 aromatic rings. The summed E-state index contributed by atoms with van der Waals surface area (Å²) < 4.78 is 10.6. The topological polar surface area (TPSA) is 68.9 Å². The average molecular weight is 249 g/mol. The van der Waals surface area contributed by atoms with Crippen molar-refractivity contribution in [3.8, 4) is 5.75 Å². The van der Waals surface area contributed by atoms with E-state index in [4.69, 9.17) is 15.2 Å². The first kappa shape index (κ1) is 12.7. The van der Waals surface area contributed by atoms with Crippen LogP contribution in [0.1, 0.15) is 18.5 Å². The van der Waals surface area contributed by atoms with Crippen molar-refractivity contribution in [2.75, 3.05) is 20.3 Å². The molecule has 0 fully saturated rings. The number of benzene rings is 1. The van der Waals surface area contributed by atoms with Crippen LogP contribution in [0, 0.1) is 0 Å². The maximum atomic E-state index is 5.87. The zero-order valence-electron chi connectivity index (χ0n) is 10.7. The predicted octanol–water partition coefficient (Wildman–Crippen LogP) is 1.06. The first-order valence-electron chi connectivity index (χ1n) is 6.01. The maximum Gasteiger partial charge on any atom is 0.189 e. The predicted molar refractivity (Wildman–Crippen MR) is 70.8 cm³/mol. The Balaban J connectivity index is 2.01. The van der Waals surface area contributed by atoms with Gasteiger partial charge in [-0.3, -0.25) is 0 Å². The van der Waals surface area contributed by atoms with Crippen LogP contribution in [0.5, 0.6) is 5.75 Å². The lowest BCUT2D eigenvalue weighted by atomic mass is 10.1. The zero-order chi connectivity index (χ0) is 13.0. The second kappa shape index (κ2) is 5.73. The number of rotatable bonds is 4. The number of fused-ring (bicyclic) bond motifs is 1. The highest BCUT2D eigenvalue weighted by atomic mass is 16.5. The SMILES string of the molecule is COCC(C)NC(N)=NC1COc2ccccc21. The second-order valence-electron chi connectivity index (χ2n) is 4.38. The van der Waals surface area contributed by atoms with Crippen molar-refractivity contribution < 1.29 is 9.47 Å². The Kier molecular flexibility index (Phi) is 4.04. The van der Waals surface area contributed by atoms with E-state index in [9.17, 15) is 0 Å². The number of aliphatic imine (C=N–C) groups is 1. The molecule has 3 N–H and O–H groups in total. The minimum Gasteiger partial charge on any atom is -0.491 e. The molecule has 0 aliphatic carbocycles. The summed E-state index contributed by atoms with van der Waals surface area (Å²) in [4.78, 5) is 4.44. The van der Waals surface area contributed by atoms with Gasteiger partial charge in [-0.05, 0) is 13.0 Å². The highest BCUT2D eigenvalue weighted by Crippen LogP contribution is 2.33. The molecule has 0 aromatic heterocycles. The molecule has 0 amide bonds. The fraction of sp³-hybridized carbons (Fsp3) is 0.462. The van der Waals surface area contributed by atoms with E-state index < -0.39 is 0 Å². The van der Waals surface area contributed by atoms with Gasteiger partial charge in [-0.25, -0.2) is 4.99 Å². The Bertz CT molecular complexity index is 434. The van der Waals surface area contributed by atoms with Crippen molar-refractivity contribution in [1.29, 1.82) is 0 Å². The molecule has 18 heavy (non-hydrogen) atoms. The number of guanidine groups is 1. The first-order chi connectivity index (χ1) is 8.70. The molecule has 1 aliphatic rings. The lowest BCUT2D eigenvalue weighted by molar-refractivity contribution is 0.179. The molecule has 0 bridgehead atoms. The van der Waals surface area contributed by atoms with E-state index >= 15 is 0 Å². The van der Waals surface area contributed by atoms with Gasteiger partial charge in [-0.2, -0.15) is 0 Å². The number of ether oxygens (including phenoxy) is 2. The Morgan fingerprint density at radius 1 is 1.61 bits per heavy atom. The molecule has 0 saturated carbocycles. The van der Waals surface area contributed by atoms with Crippen molar-refractivity contribution in [1.82, 2.24) is 5.32 Å². The summed E-state index contributed by atoms with van der Waals surface area (Å²) in [7, 11) is 1.66. The van der Waals surface area contributed by atoms with Crippen LogP contribution < -0.4 is 15.8 Å². The molecule has 2 unspecified atom stereocenters. The maximum absolute atomic E-state index is 5.87. The summed E-state index contributed by atoms with van der Waals surface area (Å²) in [5.74, 6) is 1.31. The molecule has 1 heterocycles. The van der Waals surface area contributed by atoms with Crippen LogP contribution in [0.3, 0.4) is 0 Å². The van der Waals surface area contributed by atoms with Gasteiger partial charge in [0.2, 0.25) is 0 Å². The third kappa shape index (κ3) is 2.92. The minimum atomic E-state index is -0.0246. The highest BCUT2D eigenvalue weighted by Gasteiger charge is 2.23. The summed E-state index contributed by atoms with van der Waals surface area (Å²) in [6.07, 6.45) is 0. The normalized spacial score (nSPS) is 20.1. The zero-order valence-corrected chi connectivity index (χ0v) is 10.7. The molecule has 2 rings (SSSR count). The van der Waals surface area contributed by atoms with E-state index in [0.29, 0.717) is 19.2 Å². The van der Waals surface area contributed by atoms with Crippen LogP contribution in [0.4, 0.5) is 0 Å². The number of hydrogen-bond acceptors (Lipinski definition) is 3. The molecule has 0 spiro atoms. The fourth-order valence-corrected chi connectivity index (χ4v) is 2.00. The smallest absolute Gasteiger partial charge is 0.189 e. The molecule has 98 valence electrons. The summed E-state index contributed by atoms with van der Waals surface area (Å²) in [6, 6.07) is 8.00. The van der Waals surface area contributed by atoms with Gasteiger partial charge in [0.05, 0.1) is 6.61 Å².